The summed E-state index contributed by atoms with van der Waals surface area (Å²) in [6.07, 6.45) is -68.1. The minimum absolute atomic E-state index is 0.115. The minimum atomic E-state index is -2.21. The van der Waals surface area contributed by atoms with Gasteiger partial charge in [0, 0.05) is 0 Å². The molecule has 21 aliphatic heterocycles. The third-order valence-electron chi connectivity index (χ3n) is 16.2. The Morgan fingerprint density at radius 3 is 0.631 bits per heavy atom. The largest absolute Gasteiger partial charge is 0.394 e. The SMILES string of the molecule is CCCC[N+](C)(C)OC[C@@H]1O[C@@H]2O[C@H]3[C@H](O)[C@H](O)[C@@H](O[C@H]4[C@@H](O)[C@H](O)[C@@H](O[C@H]5[C@H](O)[C@H](O)[C@@H](O[C@H]6[C@H](O)[C@@H](O)[C@@H](O[C@H]7[C@H](O)[C@@H](O)[C@@H](O[C@H]8[C@H](O)[C@@H](O)[C@@H](O[C@H]1[C@H](O)[C@H]2O)O[C@H]8CO)O[C@H]7CO)O[C@H]6CO)O[C@@H]5CO)O[C@@H]4CO)O[C@@H]3CO. The molecule has 0 aromatic carbocycles. The van der Waals surface area contributed by atoms with Crippen LogP contribution in [0.5, 0.6) is 0 Å². The Hall–Kier alpha value is -1.44. The summed E-state index contributed by atoms with van der Waals surface area (Å²) in [7, 11) is 3.37. The van der Waals surface area contributed by atoms with Gasteiger partial charge in [0.2, 0.25) is 0 Å². The summed E-state index contributed by atoms with van der Waals surface area (Å²) in [5.41, 5.74) is 0. The highest BCUT2D eigenvalue weighted by Gasteiger charge is 2.60. The van der Waals surface area contributed by atoms with E-state index in [2.05, 4.69) is 0 Å². The molecule has 20 N–H and O–H groups in total. The van der Waals surface area contributed by atoms with Crippen LogP contribution in [-0.2, 0) is 71.2 Å². The summed E-state index contributed by atoms with van der Waals surface area (Å²) in [5, 5.41) is 223. The molecule has 84 heavy (non-hydrogen) atoms. The molecular formula is C48H84NO35+. The second kappa shape index (κ2) is 29.2. The number of aliphatic hydroxyl groups excluding tert-OH is 20. The van der Waals surface area contributed by atoms with Gasteiger partial charge >= 0.3 is 0 Å². The van der Waals surface area contributed by atoms with E-state index in [0.717, 1.165) is 6.42 Å². The maximum Gasteiger partial charge on any atom is 0.187 e. The molecule has 490 valence electrons. The fraction of sp³-hybridized carbons (Fsp3) is 1.00. The molecule has 35 atom stereocenters. The number of quaternary nitrogens is 1. The number of nitrogens with zero attached hydrogens (tertiary/aromatic N) is 1. The fourth-order valence-electron chi connectivity index (χ4n) is 11.3. The second-order valence-electron chi connectivity index (χ2n) is 22.4. The number of ether oxygens (including phenoxy) is 14. The fourth-order valence-corrected chi connectivity index (χ4v) is 11.3. The number of rotatable bonds is 12. The van der Waals surface area contributed by atoms with Gasteiger partial charge in [-0.05, 0) is 6.42 Å². The van der Waals surface area contributed by atoms with Crippen LogP contribution in [0.2, 0.25) is 0 Å². The van der Waals surface area contributed by atoms with Crippen molar-refractivity contribution in [3.8, 4) is 0 Å². The van der Waals surface area contributed by atoms with E-state index in [-0.39, 0.29) is 4.65 Å². The number of hydrogen-bond acceptors (Lipinski definition) is 35. The number of unbranched alkanes of at least 4 members (excludes halogenated alkanes) is 1. The summed E-state index contributed by atoms with van der Waals surface area (Å²) < 4.78 is 81.2. The lowest BCUT2D eigenvalue weighted by molar-refractivity contribution is -1.08. The highest BCUT2D eigenvalue weighted by atomic mass is 16.8. The van der Waals surface area contributed by atoms with Crippen molar-refractivity contribution < 1.29 is 178 Å². The minimum Gasteiger partial charge on any atom is -0.394 e. The van der Waals surface area contributed by atoms with Crippen molar-refractivity contribution >= 4 is 0 Å². The van der Waals surface area contributed by atoms with E-state index in [9.17, 15) is 102 Å². The Morgan fingerprint density at radius 2 is 0.452 bits per heavy atom. The molecule has 0 saturated carbocycles. The van der Waals surface area contributed by atoms with Gasteiger partial charge in [-0.25, -0.2) is 4.84 Å². The number of hydrogen-bond donors (Lipinski definition) is 20. The normalized spacial score (nSPS) is 52.0. The molecule has 21 rings (SSSR count). The summed E-state index contributed by atoms with van der Waals surface area (Å²) in [5.74, 6) is 0. The molecule has 21 saturated heterocycles. The smallest absolute Gasteiger partial charge is 0.187 e. The molecule has 0 aliphatic carbocycles. The first-order chi connectivity index (χ1) is 39.9. The highest BCUT2D eigenvalue weighted by molar-refractivity contribution is 5.02. The summed E-state index contributed by atoms with van der Waals surface area (Å²) in [4.78, 5) is 6.14. The zero-order valence-corrected chi connectivity index (χ0v) is 45.8. The van der Waals surface area contributed by atoms with Crippen molar-refractivity contribution in [3.63, 3.8) is 0 Å². The summed E-state index contributed by atoms with van der Waals surface area (Å²) in [6, 6.07) is 0. The molecule has 36 heteroatoms. The monoisotopic (exact) mass is 1230 g/mol. The van der Waals surface area contributed by atoms with Gasteiger partial charge in [0.1, 0.15) is 184 Å². The molecule has 0 spiro atoms. The molecular weight excluding hydrogens is 1150 g/mol. The van der Waals surface area contributed by atoms with Crippen LogP contribution >= 0.6 is 0 Å². The predicted molar refractivity (Wildman–Crippen MR) is 259 cm³/mol. The van der Waals surface area contributed by atoms with Crippen molar-refractivity contribution in [2.75, 3.05) is 66.9 Å². The molecule has 0 radical (unpaired) electrons. The molecule has 0 unspecified atom stereocenters. The van der Waals surface area contributed by atoms with Crippen LogP contribution in [0.3, 0.4) is 0 Å². The lowest BCUT2D eigenvalue weighted by atomic mass is 9.95. The van der Waals surface area contributed by atoms with Crippen molar-refractivity contribution in [2.24, 2.45) is 0 Å². The van der Waals surface area contributed by atoms with Gasteiger partial charge in [0.05, 0.1) is 53.7 Å². The highest BCUT2D eigenvalue weighted by Crippen LogP contribution is 2.39. The van der Waals surface area contributed by atoms with E-state index in [1.165, 1.54) is 0 Å². The molecule has 36 nitrogen and oxygen atoms in total. The van der Waals surface area contributed by atoms with Crippen LogP contribution < -0.4 is 0 Å². The average molecular weight is 1240 g/mol. The van der Waals surface area contributed by atoms with Crippen molar-refractivity contribution in [1.82, 2.24) is 0 Å². The van der Waals surface area contributed by atoms with Crippen LogP contribution in [0.1, 0.15) is 19.8 Å². The van der Waals surface area contributed by atoms with E-state index in [0.29, 0.717) is 13.0 Å². The zero-order valence-electron chi connectivity index (χ0n) is 45.8. The Labute approximate surface area is 478 Å². The van der Waals surface area contributed by atoms with Crippen LogP contribution in [-0.4, -0.2) is 389 Å². The Morgan fingerprint density at radius 1 is 0.274 bits per heavy atom. The topological polar surface area (TPSA) is 543 Å². The first-order valence-electron chi connectivity index (χ1n) is 27.7. The molecule has 21 fully saturated rings. The van der Waals surface area contributed by atoms with Gasteiger partial charge in [-0.15, -0.1) is 0 Å². The quantitative estimate of drug-likeness (QED) is 0.0637. The lowest BCUT2D eigenvalue weighted by Crippen LogP contribution is -2.68. The van der Waals surface area contributed by atoms with Gasteiger partial charge in [-0.2, -0.15) is 4.65 Å². The van der Waals surface area contributed by atoms with Crippen LogP contribution in [0.15, 0.2) is 0 Å². The maximum absolute atomic E-state index is 11.8. The van der Waals surface area contributed by atoms with Crippen LogP contribution in [0.25, 0.3) is 0 Å². The van der Waals surface area contributed by atoms with E-state index in [4.69, 9.17) is 71.2 Å². The molecule has 0 aromatic rings. The molecule has 21 aliphatic rings. The van der Waals surface area contributed by atoms with E-state index in [1.807, 2.05) is 6.92 Å². The predicted octanol–water partition coefficient (Wildman–Crippen LogP) is -13.4. The Balaban J connectivity index is 1.10. The van der Waals surface area contributed by atoms with E-state index < -0.39 is 261 Å². The molecule has 0 aromatic heterocycles. The van der Waals surface area contributed by atoms with Gasteiger partial charge in [0.25, 0.3) is 0 Å². The maximum atomic E-state index is 11.8. The Kier molecular flexibility index (Phi) is 23.8. The third-order valence-corrected chi connectivity index (χ3v) is 16.2. The summed E-state index contributed by atoms with van der Waals surface area (Å²) in [6.45, 7) is -4.33. The molecule has 21 heterocycles. The summed E-state index contributed by atoms with van der Waals surface area (Å²) >= 11 is 0. The standard InChI is InChI=1S/C48H84NO35/c1-4-5-6-49(2,3)70-13-20-41-27(62)34(69)48(77-20)83-40-19(12-55)75-46(32(67)25(40)60)81-38-17(10-53)73-44(30(65)23(38)58)79-36-15(8-51)71-42(28(63)21(36)56)78-35-14(7-50)72-43(29(64)22(35)57)80-37-16(9-52)74-45(31(66)24(37)59)82-39-18(11-54)76-47(84-41)33(68)26(39)61/h14-48,50-69H,4-13H2,1-3H3/q+1/t14-,15+,16-,17+,18-,19+,20-,21+,22+,23-,24+,25+,26+,27+,28-,29+,30-,31+,32-,33+,34+,35+,36+,37+,38+,39+,40+,41+,42+,43+,44+,45+,46+,47+,48+/m0/s1. The van der Waals surface area contributed by atoms with Gasteiger partial charge < -0.3 is 168 Å². The zero-order chi connectivity index (χ0) is 61.4. The van der Waals surface area contributed by atoms with Gasteiger partial charge in [0.15, 0.2) is 44.0 Å². The average Bonchev–Trinajstić information content (AvgIpc) is 1.82. The van der Waals surface area contributed by atoms with Gasteiger partial charge in [-0.1, -0.05) is 13.3 Å². The first-order valence-corrected chi connectivity index (χ1v) is 27.7. The van der Waals surface area contributed by atoms with Crippen LogP contribution in [0, 0.1) is 0 Å². The lowest BCUT2D eigenvalue weighted by Gasteiger charge is -2.50. The van der Waals surface area contributed by atoms with Gasteiger partial charge in [-0.3, -0.25) is 0 Å². The molecule has 14 bridgehead atoms. The number of aliphatic hydroxyl groups is 20. The first kappa shape index (κ1) is 68.5. The Bertz CT molecular complexity index is 2000. The number of hydroxylamine groups is 3. The third kappa shape index (κ3) is 14.2. The van der Waals surface area contributed by atoms with Crippen LogP contribution in [0.4, 0.5) is 0 Å². The van der Waals surface area contributed by atoms with E-state index >= 15 is 0 Å². The van der Waals surface area contributed by atoms with Crippen molar-refractivity contribution in [3.05, 3.63) is 0 Å². The van der Waals surface area contributed by atoms with E-state index in [1.54, 1.807) is 14.1 Å². The second-order valence-corrected chi connectivity index (χ2v) is 22.4. The van der Waals surface area contributed by atoms with Crippen molar-refractivity contribution in [1.29, 1.82) is 0 Å². The molecule has 0 amide bonds. The van der Waals surface area contributed by atoms with Crippen molar-refractivity contribution in [2.45, 2.75) is 235 Å².